The maximum absolute atomic E-state index is 13.4. The van der Waals surface area contributed by atoms with Crippen molar-refractivity contribution in [3.05, 3.63) is 54.7 Å². The molecule has 0 unspecified atom stereocenters. The van der Waals surface area contributed by atoms with Gasteiger partial charge < -0.3 is 5.32 Å². The van der Waals surface area contributed by atoms with Gasteiger partial charge in [0.2, 0.25) is 0 Å². The van der Waals surface area contributed by atoms with E-state index >= 15 is 0 Å². The Morgan fingerprint density at radius 2 is 2.00 bits per heavy atom. The molecule has 0 spiro atoms. The molecule has 2 aromatic heterocycles. The zero-order chi connectivity index (χ0) is 14.2. The Bertz CT molecular complexity index is 947. The van der Waals surface area contributed by atoms with Crippen molar-refractivity contribution in [3.63, 3.8) is 0 Å². The predicted molar refractivity (Wildman–Crippen MR) is 78.9 cm³/mol. The third-order valence-electron chi connectivity index (χ3n) is 3.30. The fourth-order valence-electron chi connectivity index (χ4n) is 2.29. The number of rotatable bonds is 2. The number of aromatic nitrogens is 4. The minimum Gasteiger partial charge on any atom is -0.340 e. The van der Waals surface area contributed by atoms with Crippen LogP contribution in [-0.2, 0) is 0 Å². The van der Waals surface area contributed by atoms with Crippen LogP contribution in [0, 0.1) is 5.82 Å². The van der Waals surface area contributed by atoms with Gasteiger partial charge in [-0.05, 0) is 36.4 Å². The lowest BCUT2D eigenvalue weighted by Crippen LogP contribution is -1.96. The van der Waals surface area contributed by atoms with Gasteiger partial charge in [0, 0.05) is 16.5 Å². The van der Waals surface area contributed by atoms with E-state index in [2.05, 4.69) is 25.5 Å². The van der Waals surface area contributed by atoms with Gasteiger partial charge >= 0.3 is 0 Å². The van der Waals surface area contributed by atoms with Gasteiger partial charge in [0.1, 0.15) is 18.0 Å². The fourth-order valence-corrected chi connectivity index (χ4v) is 2.29. The highest BCUT2D eigenvalue weighted by molar-refractivity contribution is 5.91. The Labute approximate surface area is 118 Å². The summed E-state index contributed by atoms with van der Waals surface area (Å²) in [5.41, 5.74) is 2.51. The van der Waals surface area contributed by atoms with E-state index in [-0.39, 0.29) is 5.82 Å². The third kappa shape index (κ3) is 2.06. The number of halogens is 1. The van der Waals surface area contributed by atoms with Gasteiger partial charge in [-0.15, -0.1) is 0 Å². The Hall–Kier alpha value is -3.02. The highest BCUT2D eigenvalue weighted by Gasteiger charge is 2.06. The molecule has 0 aliphatic heterocycles. The number of nitrogens with one attached hydrogen (secondary N) is 2. The van der Waals surface area contributed by atoms with Crippen LogP contribution in [0.2, 0.25) is 0 Å². The monoisotopic (exact) mass is 279 g/mol. The molecule has 0 fully saturated rings. The van der Waals surface area contributed by atoms with E-state index in [4.69, 9.17) is 0 Å². The first-order chi connectivity index (χ1) is 10.3. The molecule has 0 aliphatic carbocycles. The molecule has 0 bridgehead atoms. The molecule has 0 saturated carbocycles. The van der Waals surface area contributed by atoms with Crippen LogP contribution in [0.15, 0.2) is 48.9 Å². The van der Waals surface area contributed by atoms with Gasteiger partial charge in [0.25, 0.3) is 0 Å². The van der Waals surface area contributed by atoms with Gasteiger partial charge in [-0.1, -0.05) is 0 Å². The molecule has 4 aromatic rings. The minimum absolute atomic E-state index is 0.314. The molecule has 102 valence electrons. The molecule has 21 heavy (non-hydrogen) atoms. The second-order valence-electron chi connectivity index (χ2n) is 4.68. The van der Waals surface area contributed by atoms with Crippen molar-refractivity contribution < 1.29 is 4.39 Å². The Morgan fingerprint density at radius 3 is 2.95 bits per heavy atom. The number of aromatic amines is 1. The van der Waals surface area contributed by atoms with Crippen LogP contribution in [0.5, 0.6) is 0 Å². The van der Waals surface area contributed by atoms with E-state index in [0.29, 0.717) is 16.7 Å². The van der Waals surface area contributed by atoms with Crippen LogP contribution in [-0.4, -0.2) is 20.2 Å². The second kappa shape index (κ2) is 4.52. The smallest absolute Gasteiger partial charge is 0.141 e. The largest absolute Gasteiger partial charge is 0.340 e. The lowest BCUT2D eigenvalue weighted by atomic mass is 10.2. The van der Waals surface area contributed by atoms with Gasteiger partial charge in [-0.25, -0.2) is 14.4 Å². The summed E-state index contributed by atoms with van der Waals surface area (Å²) in [5, 5.41) is 11.7. The number of nitrogens with zero attached hydrogens (tertiary/aromatic N) is 3. The third-order valence-corrected chi connectivity index (χ3v) is 3.30. The molecule has 5 nitrogen and oxygen atoms in total. The Morgan fingerprint density at radius 1 is 1.05 bits per heavy atom. The molecule has 6 heteroatoms. The number of hydrogen-bond donors (Lipinski definition) is 2. The van der Waals surface area contributed by atoms with E-state index in [1.165, 1.54) is 18.5 Å². The standard InChI is InChI=1S/C15H10FN5/c16-10-1-3-14-12(6-10)15(18-8-17-14)20-11-2-4-13-9(5-11)7-19-21-13/h1-8H,(H,19,21)(H,17,18,20). The molecular formula is C15H10FN5. The van der Waals surface area contributed by atoms with Crippen molar-refractivity contribution in [1.82, 2.24) is 20.2 Å². The SMILES string of the molecule is Fc1ccc2ncnc(Nc3ccc4[nH]ncc4c3)c2c1. The van der Waals surface area contributed by atoms with Crippen LogP contribution < -0.4 is 5.32 Å². The van der Waals surface area contributed by atoms with E-state index < -0.39 is 0 Å². The van der Waals surface area contributed by atoms with Crippen LogP contribution >= 0.6 is 0 Å². The van der Waals surface area contributed by atoms with Gasteiger partial charge in [-0.2, -0.15) is 5.10 Å². The quantitative estimate of drug-likeness (QED) is 0.590. The summed E-state index contributed by atoms with van der Waals surface area (Å²) in [6, 6.07) is 10.2. The lowest BCUT2D eigenvalue weighted by molar-refractivity contribution is 0.629. The second-order valence-corrected chi connectivity index (χ2v) is 4.68. The first-order valence-corrected chi connectivity index (χ1v) is 6.40. The van der Waals surface area contributed by atoms with Crippen molar-refractivity contribution >= 4 is 33.3 Å². The normalized spacial score (nSPS) is 11.1. The first kappa shape index (κ1) is 11.8. The predicted octanol–water partition coefficient (Wildman–Crippen LogP) is 3.39. The molecule has 0 amide bonds. The van der Waals surface area contributed by atoms with Gasteiger partial charge in [0.05, 0.1) is 17.2 Å². The van der Waals surface area contributed by atoms with E-state index in [1.54, 1.807) is 12.3 Å². The molecule has 0 aliphatic rings. The maximum atomic E-state index is 13.4. The van der Waals surface area contributed by atoms with Crippen LogP contribution in [0.3, 0.4) is 0 Å². The molecule has 0 saturated heterocycles. The van der Waals surface area contributed by atoms with Crippen LogP contribution in [0.4, 0.5) is 15.9 Å². The van der Waals surface area contributed by atoms with Crippen molar-refractivity contribution in [2.24, 2.45) is 0 Å². The summed E-state index contributed by atoms with van der Waals surface area (Å²) in [6.07, 6.45) is 3.21. The number of hydrogen-bond acceptors (Lipinski definition) is 4. The molecule has 0 radical (unpaired) electrons. The minimum atomic E-state index is -0.314. The zero-order valence-electron chi connectivity index (χ0n) is 10.8. The topological polar surface area (TPSA) is 66.5 Å². The Kier molecular flexibility index (Phi) is 2.53. The summed E-state index contributed by atoms with van der Waals surface area (Å²) < 4.78 is 13.4. The molecule has 4 rings (SSSR count). The highest BCUT2D eigenvalue weighted by atomic mass is 19.1. The number of fused-ring (bicyclic) bond motifs is 2. The number of anilines is 2. The van der Waals surface area contributed by atoms with Crippen LogP contribution in [0.25, 0.3) is 21.8 Å². The molecular weight excluding hydrogens is 269 g/mol. The van der Waals surface area contributed by atoms with E-state index in [1.807, 2.05) is 18.2 Å². The van der Waals surface area contributed by atoms with Crippen molar-refractivity contribution in [1.29, 1.82) is 0 Å². The molecule has 2 aromatic carbocycles. The molecule has 2 heterocycles. The van der Waals surface area contributed by atoms with E-state index in [0.717, 1.165) is 16.6 Å². The van der Waals surface area contributed by atoms with Crippen molar-refractivity contribution in [2.75, 3.05) is 5.32 Å². The van der Waals surface area contributed by atoms with Crippen LogP contribution in [0.1, 0.15) is 0 Å². The number of benzene rings is 2. The summed E-state index contributed by atoms with van der Waals surface area (Å²) in [5.74, 6) is 0.257. The molecule has 2 N–H and O–H groups in total. The average Bonchev–Trinajstić information content (AvgIpc) is 2.95. The first-order valence-electron chi connectivity index (χ1n) is 6.40. The zero-order valence-corrected chi connectivity index (χ0v) is 10.8. The maximum Gasteiger partial charge on any atom is 0.141 e. The van der Waals surface area contributed by atoms with Gasteiger partial charge in [-0.3, -0.25) is 5.10 Å². The summed E-state index contributed by atoms with van der Waals surface area (Å²) in [7, 11) is 0. The molecule has 0 atom stereocenters. The summed E-state index contributed by atoms with van der Waals surface area (Å²) in [6.45, 7) is 0. The summed E-state index contributed by atoms with van der Waals surface area (Å²) in [4.78, 5) is 8.33. The highest BCUT2D eigenvalue weighted by Crippen LogP contribution is 2.25. The van der Waals surface area contributed by atoms with E-state index in [9.17, 15) is 4.39 Å². The van der Waals surface area contributed by atoms with Gasteiger partial charge in [0.15, 0.2) is 0 Å². The fraction of sp³-hybridized carbons (Fsp3) is 0. The summed E-state index contributed by atoms with van der Waals surface area (Å²) >= 11 is 0. The average molecular weight is 279 g/mol. The Balaban J connectivity index is 1.81. The van der Waals surface area contributed by atoms with Crippen molar-refractivity contribution in [2.45, 2.75) is 0 Å². The number of H-pyrrole nitrogens is 1. The lowest BCUT2D eigenvalue weighted by Gasteiger charge is -2.08. The van der Waals surface area contributed by atoms with Crippen molar-refractivity contribution in [3.8, 4) is 0 Å².